The van der Waals surface area contributed by atoms with Gasteiger partial charge in [-0.25, -0.2) is 0 Å². The Kier molecular flexibility index (Phi) is 7.95. The second-order valence-electron chi connectivity index (χ2n) is 5.85. The van der Waals surface area contributed by atoms with Crippen LogP contribution in [0.25, 0.3) is 6.08 Å². The van der Waals surface area contributed by atoms with Gasteiger partial charge in [-0.1, -0.05) is 31.2 Å². The highest BCUT2D eigenvalue weighted by Gasteiger charge is 2.28. The number of benzene rings is 1. The number of nitrogens with zero attached hydrogens (tertiary/aromatic N) is 1. The molecule has 0 aromatic heterocycles. The first-order chi connectivity index (χ1) is 11.0. The lowest BCUT2D eigenvalue weighted by atomic mass is 9.93. The van der Waals surface area contributed by atoms with Crippen molar-refractivity contribution in [2.24, 2.45) is 0 Å². The van der Waals surface area contributed by atoms with Crippen molar-refractivity contribution >= 4 is 30.3 Å². The van der Waals surface area contributed by atoms with Crippen LogP contribution >= 0.6 is 12.4 Å². The molecule has 132 valence electrons. The molecule has 1 aliphatic rings. The number of hydrogen-bond donors (Lipinski definition) is 2. The molecule has 2 rings (SSSR count). The molecule has 0 bridgehead atoms. The highest BCUT2D eigenvalue weighted by Crippen LogP contribution is 2.32. The third-order valence-corrected chi connectivity index (χ3v) is 4.01. The molecule has 1 aliphatic heterocycles. The largest absolute Gasteiger partial charge is 0.354 e. The molecule has 0 saturated heterocycles. The van der Waals surface area contributed by atoms with E-state index in [1.165, 1.54) is 6.92 Å². The van der Waals surface area contributed by atoms with Crippen LogP contribution in [0.15, 0.2) is 30.5 Å². The molecule has 0 saturated carbocycles. The number of likely N-dealkylation sites (N-methyl/N-ethyl adjacent to an activating group) is 1. The van der Waals surface area contributed by atoms with Crippen LogP contribution in [0.1, 0.15) is 44.4 Å². The summed E-state index contributed by atoms with van der Waals surface area (Å²) >= 11 is 0. The van der Waals surface area contributed by atoms with Gasteiger partial charge in [0.05, 0.1) is 12.5 Å². The van der Waals surface area contributed by atoms with Gasteiger partial charge in [-0.3, -0.25) is 9.59 Å². The van der Waals surface area contributed by atoms with Crippen LogP contribution in [0, 0.1) is 0 Å². The zero-order valence-electron chi connectivity index (χ0n) is 14.4. The van der Waals surface area contributed by atoms with Crippen LogP contribution in [-0.2, 0) is 9.59 Å². The van der Waals surface area contributed by atoms with Crippen molar-refractivity contribution in [3.8, 4) is 0 Å². The highest BCUT2D eigenvalue weighted by molar-refractivity contribution is 5.85. The molecule has 0 spiro atoms. The molecule has 5 nitrogen and oxygen atoms in total. The number of halogens is 1. The molecular formula is C18H26ClN3O2. The van der Waals surface area contributed by atoms with Gasteiger partial charge in [0.15, 0.2) is 0 Å². The Morgan fingerprint density at radius 2 is 2.00 bits per heavy atom. The number of nitrogens with one attached hydrogen (secondary N) is 2. The van der Waals surface area contributed by atoms with Crippen molar-refractivity contribution in [3.63, 3.8) is 0 Å². The van der Waals surface area contributed by atoms with Gasteiger partial charge >= 0.3 is 0 Å². The number of fused-ring (bicyclic) bond motifs is 1. The van der Waals surface area contributed by atoms with Gasteiger partial charge in [0, 0.05) is 25.7 Å². The summed E-state index contributed by atoms with van der Waals surface area (Å²) in [6.45, 7) is 7.04. The first kappa shape index (κ1) is 20.2. The van der Waals surface area contributed by atoms with E-state index in [-0.39, 0.29) is 42.7 Å². The minimum absolute atomic E-state index is 0. The fraction of sp³-hybridized carbons (Fsp3) is 0.444. The summed E-state index contributed by atoms with van der Waals surface area (Å²) in [5.74, 6) is -0.106. The Morgan fingerprint density at radius 3 is 2.67 bits per heavy atom. The molecule has 0 aliphatic carbocycles. The topological polar surface area (TPSA) is 61.4 Å². The van der Waals surface area contributed by atoms with Crippen LogP contribution in [0.2, 0.25) is 0 Å². The summed E-state index contributed by atoms with van der Waals surface area (Å²) in [7, 11) is 0. The fourth-order valence-electron chi connectivity index (χ4n) is 2.85. The quantitative estimate of drug-likeness (QED) is 0.827. The van der Waals surface area contributed by atoms with Crippen molar-refractivity contribution in [1.82, 2.24) is 15.5 Å². The van der Waals surface area contributed by atoms with Crippen LogP contribution in [0.4, 0.5) is 0 Å². The monoisotopic (exact) mass is 351 g/mol. The zero-order chi connectivity index (χ0) is 16.8. The molecule has 2 N–H and O–H groups in total. The lowest BCUT2D eigenvalue weighted by Crippen LogP contribution is -2.40. The van der Waals surface area contributed by atoms with Gasteiger partial charge in [-0.05, 0) is 30.7 Å². The van der Waals surface area contributed by atoms with Gasteiger partial charge < -0.3 is 15.5 Å². The van der Waals surface area contributed by atoms with E-state index in [2.05, 4.69) is 10.6 Å². The van der Waals surface area contributed by atoms with E-state index in [1.807, 2.05) is 44.2 Å². The Bertz CT molecular complexity index is 604. The maximum atomic E-state index is 12.3. The summed E-state index contributed by atoms with van der Waals surface area (Å²) in [4.78, 5) is 25.8. The minimum atomic E-state index is -0.247. The molecular weight excluding hydrogens is 326 g/mol. The summed E-state index contributed by atoms with van der Waals surface area (Å²) in [6.07, 6.45) is 3.95. The van der Waals surface area contributed by atoms with Crippen LogP contribution in [-0.4, -0.2) is 35.8 Å². The number of amides is 2. The van der Waals surface area contributed by atoms with Crippen molar-refractivity contribution in [2.45, 2.75) is 39.3 Å². The summed E-state index contributed by atoms with van der Waals surface area (Å²) in [6, 6.07) is 7.86. The van der Waals surface area contributed by atoms with Crippen molar-refractivity contribution in [1.29, 1.82) is 0 Å². The van der Waals surface area contributed by atoms with Crippen molar-refractivity contribution in [3.05, 3.63) is 41.6 Å². The molecule has 1 unspecified atom stereocenters. The molecule has 24 heavy (non-hydrogen) atoms. The molecule has 2 amide bonds. The zero-order valence-corrected chi connectivity index (χ0v) is 15.2. The van der Waals surface area contributed by atoms with E-state index in [0.29, 0.717) is 6.54 Å². The van der Waals surface area contributed by atoms with E-state index in [9.17, 15) is 9.59 Å². The van der Waals surface area contributed by atoms with Gasteiger partial charge in [0.25, 0.3) is 0 Å². The molecule has 1 aromatic carbocycles. The van der Waals surface area contributed by atoms with Crippen LogP contribution < -0.4 is 10.6 Å². The van der Waals surface area contributed by atoms with Gasteiger partial charge in [-0.15, -0.1) is 12.4 Å². The third-order valence-electron chi connectivity index (χ3n) is 4.01. The van der Waals surface area contributed by atoms with E-state index >= 15 is 0 Å². The lowest BCUT2D eigenvalue weighted by molar-refractivity contribution is -0.130. The van der Waals surface area contributed by atoms with Gasteiger partial charge in [0.1, 0.15) is 0 Å². The molecule has 1 heterocycles. The van der Waals surface area contributed by atoms with Crippen LogP contribution in [0.3, 0.4) is 0 Å². The fourth-order valence-corrected chi connectivity index (χ4v) is 2.85. The van der Waals surface area contributed by atoms with E-state index in [1.54, 1.807) is 11.1 Å². The molecule has 1 aromatic rings. The third kappa shape index (κ3) is 5.08. The lowest BCUT2D eigenvalue weighted by Gasteiger charge is -2.32. The predicted octanol–water partition coefficient (Wildman–Crippen LogP) is 2.49. The predicted molar refractivity (Wildman–Crippen MR) is 98.8 cm³/mol. The molecule has 0 fully saturated rings. The smallest absolute Gasteiger partial charge is 0.223 e. The first-order valence-electron chi connectivity index (χ1n) is 8.09. The first-order valence-corrected chi connectivity index (χ1v) is 8.09. The Labute approximate surface area is 149 Å². The van der Waals surface area contributed by atoms with Crippen molar-refractivity contribution < 1.29 is 9.59 Å². The molecule has 0 radical (unpaired) electrons. The van der Waals surface area contributed by atoms with E-state index in [4.69, 9.17) is 0 Å². The summed E-state index contributed by atoms with van der Waals surface area (Å²) in [5, 5.41) is 6.20. The standard InChI is InChI=1S/C18H25N3O2.ClH/c1-4-19-13(2)12-20-18(23)11-17-16-8-6-5-7-15(16)9-10-21(17)14(3)22;/h5-10,13,17,19H,4,11-12H2,1-3H3,(H,20,23);1H/t13-,17?;/m1./s1. The number of hydrogen-bond acceptors (Lipinski definition) is 3. The summed E-state index contributed by atoms with van der Waals surface area (Å²) < 4.78 is 0. The average molecular weight is 352 g/mol. The Balaban J connectivity index is 0.00000288. The Hall–Kier alpha value is -1.85. The Morgan fingerprint density at radius 1 is 1.29 bits per heavy atom. The number of carbonyl (C=O) groups excluding carboxylic acids is 2. The highest BCUT2D eigenvalue weighted by atomic mass is 35.5. The van der Waals surface area contributed by atoms with Crippen molar-refractivity contribution in [2.75, 3.05) is 13.1 Å². The number of rotatable bonds is 6. The number of carbonyl (C=O) groups is 2. The van der Waals surface area contributed by atoms with Gasteiger partial charge in [0.2, 0.25) is 11.8 Å². The normalized spacial score (nSPS) is 16.8. The summed E-state index contributed by atoms with van der Waals surface area (Å²) in [5.41, 5.74) is 2.07. The van der Waals surface area contributed by atoms with Gasteiger partial charge in [-0.2, -0.15) is 0 Å². The van der Waals surface area contributed by atoms with Crippen LogP contribution in [0.5, 0.6) is 0 Å². The van der Waals surface area contributed by atoms with E-state index in [0.717, 1.165) is 17.7 Å². The maximum Gasteiger partial charge on any atom is 0.223 e. The maximum absolute atomic E-state index is 12.3. The second-order valence-corrected chi connectivity index (χ2v) is 5.85. The van der Waals surface area contributed by atoms with E-state index < -0.39 is 0 Å². The second kappa shape index (κ2) is 9.45. The molecule has 2 atom stereocenters. The molecule has 6 heteroatoms. The minimum Gasteiger partial charge on any atom is -0.354 e. The average Bonchev–Trinajstić information content (AvgIpc) is 2.53. The SMILES string of the molecule is CCN[C@H](C)CNC(=O)CC1c2ccccc2C=CN1C(C)=O.Cl.